The molecule has 4 heterocycles. The summed E-state index contributed by atoms with van der Waals surface area (Å²) in [6.45, 7) is 3.35. The number of hydrogen-bond donors (Lipinski definition) is 1. The average molecular weight is 302 g/mol. The first-order valence-electron chi connectivity index (χ1n) is 8.01. The minimum absolute atomic E-state index is 0.604. The van der Waals surface area contributed by atoms with Crippen molar-refractivity contribution in [2.45, 2.75) is 31.7 Å². The van der Waals surface area contributed by atoms with Crippen LogP contribution in [0.5, 0.6) is 0 Å². The lowest BCUT2D eigenvalue weighted by atomic mass is 10.0. The Morgan fingerprint density at radius 1 is 1.38 bits per heavy atom. The summed E-state index contributed by atoms with van der Waals surface area (Å²) in [5, 5.41) is 3.47. The molecule has 1 N–H and O–H groups in total. The van der Waals surface area contributed by atoms with Gasteiger partial charge >= 0.3 is 0 Å². The molecule has 112 valence electrons. The quantitative estimate of drug-likeness (QED) is 0.946. The Labute approximate surface area is 129 Å². The highest BCUT2D eigenvalue weighted by atomic mass is 32.2. The zero-order chi connectivity index (χ0) is 14.1. The Morgan fingerprint density at radius 3 is 3.19 bits per heavy atom. The fourth-order valence-corrected chi connectivity index (χ4v) is 4.68. The van der Waals surface area contributed by atoms with Crippen molar-refractivity contribution in [3.63, 3.8) is 0 Å². The summed E-state index contributed by atoms with van der Waals surface area (Å²) in [4.78, 5) is 9.56. The van der Waals surface area contributed by atoms with Gasteiger partial charge in [-0.3, -0.25) is 0 Å². The molecule has 0 saturated carbocycles. The highest BCUT2D eigenvalue weighted by Gasteiger charge is 2.25. The predicted molar refractivity (Wildman–Crippen MR) is 87.8 cm³/mol. The van der Waals surface area contributed by atoms with Gasteiger partial charge in [-0.1, -0.05) is 0 Å². The van der Waals surface area contributed by atoms with E-state index in [0.29, 0.717) is 5.92 Å². The Kier molecular flexibility index (Phi) is 3.86. The Bertz CT molecular complexity index is 612. The van der Waals surface area contributed by atoms with Crippen molar-refractivity contribution in [2.75, 3.05) is 24.6 Å². The van der Waals surface area contributed by atoms with Crippen molar-refractivity contribution in [3.8, 4) is 0 Å². The summed E-state index contributed by atoms with van der Waals surface area (Å²) in [7, 11) is 0. The van der Waals surface area contributed by atoms with E-state index >= 15 is 0 Å². The maximum atomic E-state index is 4.95. The van der Waals surface area contributed by atoms with Crippen LogP contribution in [-0.2, 0) is 6.54 Å². The lowest BCUT2D eigenvalue weighted by Gasteiger charge is -2.23. The van der Waals surface area contributed by atoms with Gasteiger partial charge in [-0.05, 0) is 56.2 Å². The van der Waals surface area contributed by atoms with Gasteiger partial charge in [0, 0.05) is 24.4 Å². The molecule has 2 aliphatic heterocycles. The summed E-state index contributed by atoms with van der Waals surface area (Å²) in [5.74, 6) is 5.13. The number of imidazole rings is 1. The number of rotatable bonds is 3. The smallest absolute Gasteiger partial charge is 0.160 e. The Hall–Kier alpha value is -1.07. The molecule has 2 aliphatic rings. The van der Waals surface area contributed by atoms with Gasteiger partial charge in [0.05, 0.1) is 0 Å². The van der Waals surface area contributed by atoms with Crippen LogP contribution in [0.15, 0.2) is 18.3 Å². The van der Waals surface area contributed by atoms with Crippen molar-refractivity contribution in [1.29, 1.82) is 0 Å². The molecule has 2 saturated heterocycles. The van der Waals surface area contributed by atoms with E-state index in [1.165, 1.54) is 36.6 Å². The molecular weight excluding hydrogens is 280 g/mol. The zero-order valence-corrected chi connectivity index (χ0v) is 13.1. The number of hydrogen-bond acceptors (Lipinski definition) is 4. The van der Waals surface area contributed by atoms with E-state index in [1.807, 2.05) is 12.3 Å². The first-order chi connectivity index (χ1) is 10.4. The highest BCUT2D eigenvalue weighted by Crippen LogP contribution is 2.32. The van der Waals surface area contributed by atoms with Gasteiger partial charge in [-0.25, -0.2) is 9.97 Å². The van der Waals surface area contributed by atoms with Gasteiger partial charge in [0.15, 0.2) is 5.65 Å². The van der Waals surface area contributed by atoms with Crippen LogP contribution in [0.4, 0.5) is 0 Å². The second kappa shape index (κ2) is 5.97. The molecule has 2 unspecified atom stereocenters. The second-order valence-electron chi connectivity index (χ2n) is 6.20. The maximum absolute atomic E-state index is 4.95. The van der Waals surface area contributed by atoms with Crippen LogP contribution in [-0.4, -0.2) is 39.1 Å². The van der Waals surface area contributed by atoms with Gasteiger partial charge in [-0.2, -0.15) is 11.8 Å². The average Bonchev–Trinajstić information content (AvgIpc) is 3.17. The van der Waals surface area contributed by atoms with Crippen LogP contribution in [0, 0.1) is 5.92 Å². The summed E-state index contributed by atoms with van der Waals surface area (Å²) < 4.78 is 2.42. The van der Waals surface area contributed by atoms with E-state index < -0.39 is 0 Å². The summed E-state index contributed by atoms with van der Waals surface area (Å²) in [5.41, 5.74) is 2.14. The molecule has 0 aromatic carbocycles. The minimum atomic E-state index is 0.604. The topological polar surface area (TPSA) is 42.7 Å². The molecule has 0 bridgehead atoms. The van der Waals surface area contributed by atoms with Gasteiger partial charge in [0.1, 0.15) is 11.3 Å². The standard InChI is InChI=1S/C16H22N4S/c1-4-14-16(18-6-1)20(10-12-5-7-17-9-12)15(19-14)13-3-2-8-21-11-13/h1,4,6,12-13,17H,2-3,5,7-11H2. The van der Waals surface area contributed by atoms with Gasteiger partial charge in [-0.15, -0.1) is 0 Å². The molecule has 21 heavy (non-hydrogen) atoms. The van der Waals surface area contributed by atoms with E-state index in [4.69, 9.17) is 4.98 Å². The number of aromatic nitrogens is 3. The largest absolute Gasteiger partial charge is 0.316 e. The molecule has 0 radical (unpaired) electrons. The molecule has 4 rings (SSSR count). The lowest BCUT2D eigenvalue weighted by molar-refractivity contribution is 0.461. The molecule has 2 aromatic heterocycles. The van der Waals surface area contributed by atoms with Crippen LogP contribution in [0.25, 0.3) is 11.2 Å². The van der Waals surface area contributed by atoms with Crippen LogP contribution < -0.4 is 5.32 Å². The van der Waals surface area contributed by atoms with E-state index in [1.54, 1.807) is 0 Å². The Balaban J connectivity index is 1.72. The fraction of sp³-hybridized carbons (Fsp3) is 0.625. The number of nitrogens with zero attached hydrogens (tertiary/aromatic N) is 3. The van der Waals surface area contributed by atoms with Crippen molar-refractivity contribution >= 4 is 22.9 Å². The molecule has 0 aliphatic carbocycles. The molecule has 4 nitrogen and oxygen atoms in total. The first-order valence-corrected chi connectivity index (χ1v) is 9.17. The van der Waals surface area contributed by atoms with E-state index in [9.17, 15) is 0 Å². The third-order valence-electron chi connectivity index (χ3n) is 4.66. The van der Waals surface area contributed by atoms with Crippen LogP contribution in [0.2, 0.25) is 0 Å². The SMILES string of the molecule is c1cnc2c(c1)nc(C1CCCSC1)n2CC1CCNC1. The van der Waals surface area contributed by atoms with Crippen molar-refractivity contribution < 1.29 is 0 Å². The van der Waals surface area contributed by atoms with Gasteiger partial charge in [0.2, 0.25) is 0 Å². The molecule has 2 atom stereocenters. The van der Waals surface area contributed by atoms with Crippen molar-refractivity contribution in [1.82, 2.24) is 19.9 Å². The second-order valence-corrected chi connectivity index (χ2v) is 7.35. The number of thioether (sulfide) groups is 1. The summed E-state index contributed by atoms with van der Waals surface area (Å²) in [6, 6.07) is 4.10. The number of fused-ring (bicyclic) bond motifs is 1. The first kappa shape index (κ1) is 13.6. The fourth-order valence-electron chi connectivity index (χ4n) is 3.54. The molecule has 0 spiro atoms. The van der Waals surface area contributed by atoms with E-state index in [0.717, 1.165) is 36.7 Å². The molecule has 5 heteroatoms. The third-order valence-corrected chi connectivity index (χ3v) is 5.88. The third kappa shape index (κ3) is 2.69. The summed E-state index contributed by atoms with van der Waals surface area (Å²) >= 11 is 2.07. The van der Waals surface area contributed by atoms with Crippen LogP contribution in [0.3, 0.4) is 0 Å². The van der Waals surface area contributed by atoms with Crippen molar-refractivity contribution in [3.05, 3.63) is 24.2 Å². The molecule has 2 aromatic rings. The van der Waals surface area contributed by atoms with E-state index in [-0.39, 0.29) is 0 Å². The molecule has 0 amide bonds. The molecule has 2 fully saturated rings. The normalized spacial score (nSPS) is 26.5. The zero-order valence-electron chi connectivity index (χ0n) is 12.3. The highest BCUT2D eigenvalue weighted by molar-refractivity contribution is 7.99. The number of pyridine rings is 1. The van der Waals surface area contributed by atoms with Crippen LogP contribution in [0.1, 0.15) is 31.0 Å². The monoisotopic (exact) mass is 302 g/mol. The van der Waals surface area contributed by atoms with Crippen LogP contribution >= 0.6 is 11.8 Å². The van der Waals surface area contributed by atoms with E-state index in [2.05, 4.69) is 32.7 Å². The summed E-state index contributed by atoms with van der Waals surface area (Å²) in [6.07, 6.45) is 5.76. The predicted octanol–water partition coefficient (Wildman–Crippen LogP) is 2.65. The minimum Gasteiger partial charge on any atom is -0.316 e. The number of nitrogens with one attached hydrogen (secondary N) is 1. The van der Waals surface area contributed by atoms with Gasteiger partial charge in [0.25, 0.3) is 0 Å². The van der Waals surface area contributed by atoms with Crippen molar-refractivity contribution in [2.24, 2.45) is 5.92 Å². The lowest BCUT2D eigenvalue weighted by Crippen LogP contribution is -2.20. The Morgan fingerprint density at radius 2 is 2.38 bits per heavy atom. The molecular formula is C16H22N4S. The van der Waals surface area contributed by atoms with Gasteiger partial charge < -0.3 is 9.88 Å². The maximum Gasteiger partial charge on any atom is 0.160 e.